The Kier molecular flexibility index (Phi) is 66.2. The Morgan fingerprint density at radius 2 is 0.488 bits per heavy atom. The van der Waals surface area contributed by atoms with Gasteiger partial charge in [-0.15, -0.1) is 0 Å². The summed E-state index contributed by atoms with van der Waals surface area (Å²) in [5.74, 6) is -0.901. The lowest BCUT2D eigenvalue weighted by Crippen LogP contribution is -2.30. The molecule has 0 aliphatic carbocycles. The molecule has 0 saturated carbocycles. The predicted octanol–water partition coefficient (Wildman–Crippen LogP) is 24.2. The molecule has 0 heterocycles. The molecule has 0 amide bonds. The van der Waals surface area contributed by atoms with Crippen molar-refractivity contribution in [2.24, 2.45) is 0 Å². The maximum Gasteiger partial charge on any atom is 0.306 e. The number of carbonyl (C=O) groups excluding carboxylic acids is 3. The molecule has 0 aromatic carbocycles. The van der Waals surface area contributed by atoms with E-state index in [0.29, 0.717) is 19.3 Å². The highest BCUT2D eigenvalue weighted by atomic mass is 16.6. The van der Waals surface area contributed by atoms with Gasteiger partial charge in [0, 0.05) is 19.3 Å². The van der Waals surface area contributed by atoms with Crippen LogP contribution in [0.25, 0.3) is 0 Å². The molecule has 0 spiro atoms. The summed E-state index contributed by atoms with van der Waals surface area (Å²) in [4.78, 5) is 38.3. The zero-order chi connectivity index (χ0) is 59.2. The number of rotatable bonds is 63. The van der Waals surface area contributed by atoms with Crippen LogP contribution < -0.4 is 0 Å². The molecule has 0 fully saturated rings. The maximum atomic E-state index is 12.9. The van der Waals surface area contributed by atoms with E-state index in [0.717, 1.165) is 141 Å². The lowest BCUT2D eigenvalue weighted by Gasteiger charge is -2.18. The van der Waals surface area contributed by atoms with E-state index in [2.05, 4.69) is 130 Å². The van der Waals surface area contributed by atoms with Gasteiger partial charge in [0.25, 0.3) is 0 Å². The van der Waals surface area contributed by atoms with Gasteiger partial charge in [-0.3, -0.25) is 14.4 Å². The first-order valence-electron chi connectivity index (χ1n) is 34.9. The molecule has 0 saturated heterocycles. The number of hydrogen-bond donors (Lipinski definition) is 0. The van der Waals surface area contributed by atoms with Crippen LogP contribution in [0, 0.1) is 0 Å². The summed E-state index contributed by atoms with van der Waals surface area (Å²) >= 11 is 0. The molecule has 1 unspecified atom stereocenters. The molecule has 0 rings (SSSR count). The summed E-state index contributed by atoms with van der Waals surface area (Å²) in [5, 5.41) is 0. The van der Waals surface area contributed by atoms with Crippen LogP contribution in [0.3, 0.4) is 0 Å². The van der Waals surface area contributed by atoms with Gasteiger partial charge >= 0.3 is 17.9 Å². The van der Waals surface area contributed by atoms with Crippen molar-refractivity contribution in [3.05, 3.63) is 109 Å². The number of carbonyl (C=O) groups is 3. The van der Waals surface area contributed by atoms with E-state index in [9.17, 15) is 14.4 Å². The second kappa shape index (κ2) is 69.6. The molecule has 82 heavy (non-hydrogen) atoms. The van der Waals surface area contributed by atoms with Crippen LogP contribution in [-0.4, -0.2) is 37.2 Å². The molecule has 0 N–H and O–H groups in total. The maximum absolute atomic E-state index is 12.9. The fraction of sp³-hybridized carbons (Fsp3) is 0.724. The van der Waals surface area contributed by atoms with Crippen LogP contribution in [0.1, 0.15) is 335 Å². The standard InChI is InChI=1S/C76H130O6/c1-4-7-10-13-16-19-22-25-28-29-30-31-32-33-34-35-36-37-38-39-40-41-42-43-44-45-46-47-49-51-54-57-60-63-66-69-75(78)81-72-73(71-80-74(77)68-65-62-59-56-53-50-27-24-21-18-15-12-9-6-3)82-76(79)70-67-64-61-58-55-52-48-26-23-20-17-14-11-8-5-2/h7,10,15-20,24-28,30-31,33-34,48,73H,4-6,8-9,11-14,21-23,29,32,35-47,49-72H2,1-3H3/b10-7-,18-15-,19-16-,20-17-,27-24-,28-25-,31-30-,34-33-,48-26-. The largest absolute Gasteiger partial charge is 0.462 e. The monoisotopic (exact) mass is 1140 g/mol. The third kappa shape index (κ3) is 66.9. The molecule has 6 nitrogen and oxygen atoms in total. The van der Waals surface area contributed by atoms with Crippen molar-refractivity contribution in [2.75, 3.05) is 13.2 Å². The van der Waals surface area contributed by atoms with E-state index in [1.165, 1.54) is 154 Å². The SMILES string of the molecule is CC/C=C\C/C=C\C/C=C\C/C=C\C/C=C\CCCCCCCCCCCCCCCCCCCCCC(=O)OCC(COC(=O)CCCCCCC/C=C\C/C=C\CCCC)OC(=O)CCCCCCC/C=C\C/C=C\CCCCC. The fourth-order valence-corrected chi connectivity index (χ4v) is 9.75. The summed E-state index contributed by atoms with van der Waals surface area (Å²) in [7, 11) is 0. The third-order valence-electron chi connectivity index (χ3n) is 15.0. The molecule has 0 aromatic heterocycles. The van der Waals surface area contributed by atoms with Crippen LogP contribution in [0.15, 0.2) is 109 Å². The molecule has 6 heteroatoms. The van der Waals surface area contributed by atoms with E-state index in [4.69, 9.17) is 14.2 Å². The molecular formula is C76H130O6. The summed E-state index contributed by atoms with van der Waals surface area (Å²) in [6.45, 7) is 6.46. The first kappa shape index (κ1) is 78.1. The number of hydrogen-bond acceptors (Lipinski definition) is 6. The fourth-order valence-electron chi connectivity index (χ4n) is 9.75. The van der Waals surface area contributed by atoms with Gasteiger partial charge in [0.05, 0.1) is 0 Å². The van der Waals surface area contributed by atoms with Crippen molar-refractivity contribution in [3.8, 4) is 0 Å². The lowest BCUT2D eigenvalue weighted by atomic mass is 10.0. The highest BCUT2D eigenvalue weighted by Crippen LogP contribution is 2.17. The van der Waals surface area contributed by atoms with Crippen molar-refractivity contribution >= 4 is 17.9 Å². The van der Waals surface area contributed by atoms with Crippen LogP contribution in [0.5, 0.6) is 0 Å². The van der Waals surface area contributed by atoms with Crippen molar-refractivity contribution in [1.29, 1.82) is 0 Å². The Hall–Kier alpha value is -3.93. The Bertz CT molecular complexity index is 1640. The van der Waals surface area contributed by atoms with Crippen LogP contribution in [-0.2, 0) is 28.6 Å². The lowest BCUT2D eigenvalue weighted by molar-refractivity contribution is -0.167. The first-order valence-corrected chi connectivity index (χ1v) is 34.9. The number of allylic oxidation sites excluding steroid dienone is 18. The van der Waals surface area contributed by atoms with Gasteiger partial charge < -0.3 is 14.2 Å². The van der Waals surface area contributed by atoms with E-state index >= 15 is 0 Å². The zero-order valence-electron chi connectivity index (χ0n) is 54.0. The summed E-state index contributed by atoms with van der Waals surface area (Å²) in [6.07, 6.45) is 95.5. The van der Waals surface area contributed by atoms with Gasteiger partial charge in [-0.1, -0.05) is 304 Å². The minimum Gasteiger partial charge on any atom is -0.462 e. The summed E-state index contributed by atoms with van der Waals surface area (Å²) in [6, 6.07) is 0. The van der Waals surface area contributed by atoms with Crippen LogP contribution in [0.2, 0.25) is 0 Å². The van der Waals surface area contributed by atoms with Crippen molar-refractivity contribution in [2.45, 2.75) is 341 Å². The first-order chi connectivity index (χ1) is 40.5. The highest BCUT2D eigenvalue weighted by Gasteiger charge is 2.19. The smallest absolute Gasteiger partial charge is 0.306 e. The van der Waals surface area contributed by atoms with Gasteiger partial charge in [-0.05, 0) is 122 Å². The minimum atomic E-state index is -0.791. The average Bonchev–Trinajstić information content (AvgIpc) is 3.48. The van der Waals surface area contributed by atoms with Crippen LogP contribution in [0.4, 0.5) is 0 Å². The number of unbranched alkanes of at least 4 members (excludes halogenated alkanes) is 34. The molecule has 470 valence electrons. The Labute approximate surface area is 508 Å². The normalized spacial score (nSPS) is 12.8. The molecule has 0 bridgehead atoms. The van der Waals surface area contributed by atoms with Gasteiger partial charge in [-0.2, -0.15) is 0 Å². The van der Waals surface area contributed by atoms with Gasteiger partial charge in [-0.25, -0.2) is 0 Å². The Morgan fingerprint density at radius 3 is 0.780 bits per heavy atom. The summed E-state index contributed by atoms with van der Waals surface area (Å²) in [5.41, 5.74) is 0. The van der Waals surface area contributed by atoms with E-state index < -0.39 is 6.10 Å². The minimum absolute atomic E-state index is 0.0854. The van der Waals surface area contributed by atoms with Crippen molar-refractivity contribution in [3.63, 3.8) is 0 Å². The summed E-state index contributed by atoms with van der Waals surface area (Å²) < 4.78 is 16.9. The van der Waals surface area contributed by atoms with Crippen molar-refractivity contribution < 1.29 is 28.6 Å². The molecule has 0 aliphatic rings. The van der Waals surface area contributed by atoms with E-state index in [-0.39, 0.29) is 31.1 Å². The van der Waals surface area contributed by atoms with E-state index in [1.54, 1.807) is 0 Å². The molecule has 0 aliphatic heterocycles. The number of ether oxygens (including phenoxy) is 3. The topological polar surface area (TPSA) is 78.9 Å². The number of esters is 3. The van der Waals surface area contributed by atoms with Crippen LogP contribution >= 0.6 is 0 Å². The second-order valence-corrected chi connectivity index (χ2v) is 23.1. The second-order valence-electron chi connectivity index (χ2n) is 23.1. The average molecular weight is 1140 g/mol. The molecular weight excluding hydrogens is 1010 g/mol. The molecule has 1 atom stereocenters. The zero-order valence-corrected chi connectivity index (χ0v) is 54.0. The molecule has 0 aromatic rings. The quantitative estimate of drug-likeness (QED) is 0.0261. The highest BCUT2D eigenvalue weighted by molar-refractivity contribution is 5.71. The Balaban J connectivity index is 4.14. The van der Waals surface area contributed by atoms with Gasteiger partial charge in [0.15, 0.2) is 6.10 Å². The Morgan fingerprint density at radius 1 is 0.256 bits per heavy atom. The van der Waals surface area contributed by atoms with Gasteiger partial charge in [0.2, 0.25) is 0 Å². The third-order valence-corrected chi connectivity index (χ3v) is 15.0. The van der Waals surface area contributed by atoms with Gasteiger partial charge in [0.1, 0.15) is 13.2 Å². The predicted molar refractivity (Wildman–Crippen MR) is 357 cm³/mol. The van der Waals surface area contributed by atoms with E-state index in [1.807, 2.05) is 0 Å². The molecule has 0 radical (unpaired) electrons. The van der Waals surface area contributed by atoms with Crippen molar-refractivity contribution in [1.82, 2.24) is 0 Å².